The van der Waals surface area contributed by atoms with E-state index in [0.29, 0.717) is 0 Å². The van der Waals surface area contributed by atoms with Crippen molar-refractivity contribution in [3.05, 3.63) is 0 Å². The summed E-state index contributed by atoms with van der Waals surface area (Å²) in [5.74, 6) is 1.82. The van der Waals surface area contributed by atoms with Crippen molar-refractivity contribution in [2.24, 2.45) is 11.8 Å². The van der Waals surface area contributed by atoms with Gasteiger partial charge in [-0.15, -0.1) is 0 Å². The van der Waals surface area contributed by atoms with E-state index in [1.807, 2.05) is 0 Å². The topological polar surface area (TPSA) is 12.5 Å². The fourth-order valence-corrected chi connectivity index (χ4v) is 2.39. The molecule has 0 aromatic rings. The van der Waals surface area contributed by atoms with E-state index in [1.165, 1.54) is 25.9 Å². The number of nitrogens with zero attached hydrogens (tertiary/aromatic N) is 1. The van der Waals surface area contributed by atoms with Gasteiger partial charge in [0, 0.05) is 32.3 Å². The van der Waals surface area contributed by atoms with Crippen LogP contribution in [0.25, 0.3) is 0 Å². The molecular weight excluding hydrogens is 162 g/mol. The second kappa shape index (κ2) is 3.97. The van der Waals surface area contributed by atoms with Crippen LogP contribution in [0.4, 0.5) is 0 Å². The maximum absolute atomic E-state index is 5.42. The molecule has 2 nitrogen and oxygen atoms in total. The summed E-state index contributed by atoms with van der Waals surface area (Å²) in [6.45, 7) is 9.29. The van der Waals surface area contributed by atoms with E-state index in [0.717, 1.165) is 31.1 Å². The average Bonchev–Trinajstić information content (AvgIpc) is 2.54. The first-order chi connectivity index (χ1) is 6.31. The zero-order chi connectivity index (χ0) is 9.26. The summed E-state index contributed by atoms with van der Waals surface area (Å²) in [4.78, 5) is 2.60. The van der Waals surface area contributed by atoms with Gasteiger partial charge in [0.05, 0.1) is 0 Å². The first-order valence-corrected chi connectivity index (χ1v) is 5.63. The first-order valence-electron chi connectivity index (χ1n) is 5.63. The average molecular weight is 183 g/mol. The molecule has 2 aliphatic rings. The highest BCUT2D eigenvalue weighted by atomic mass is 16.5. The Kier molecular flexibility index (Phi) is 2.89. The Morgan fingerprint density at radius 1 is 1.38 bits per heavy atom. The summed E-state index contributed by atoms with van der Waals surface area (Å²) >= 11 is 0. The van der Waals surface area contributed by atoms with Crippen molar-refractivity contribution < 1.29 is 4.74 Å². The molecule has 13 heavy (non-hydrogen) atoms. The van der Waals surface area contributed by atoms with E-state index in [2.05, 4.69) is 18.7 Å². The van der Waals surface area contributed by atoms with Gasteiger partial charge in [0.25, 0.3) is 0 Å². The highest BCUT2D eigenvalue weighted by Crippen LogP contribution is 2.31. The van der Waals surface area contributed by atoms with E-state index in [9.17, 15) is 0 Å². The van der Waals surface area contributed by atoms with E-state index in [1.54, 1.807) is 0 Å². The highest BCUT2D eigenvalue weighted by molar-refractivity contribution is 4.88. The van der Waals surface area contributed by atoms with E-state index in [4.69, 9.17) is 4.74 Å². The molecule has 2 aliphatic heterocycles. The second-order valence-electron chi connectivity index (χ2n) is 4.59. The third kappa shape index (κ3) is 1.89. The molecule has 2 atom stereocenters. The van der Waals surface area contributed by atoms with Crippen LogP contribution in [-0.2, 0) is 4.74 Å². The zero-order valence-electron chi connectivity index (χ0n) is 8.83. The smallest absolute Gasteiger partial charge is 0.0498 e. The van der Waals surface area contributed by atoms with Crippen molar-refractivity contribution in [3.63, 3.8) is 0 Å². The van der Waals surface area contributed by atoms with Crippen LogP contribution in [0.1, 0.15) is 26.7 Å². The molecule has 2 heteroatoms. The van der Waals surface area contributed by atoms with Gasteiger partial charge in [-0.2, -0.15) is 0 Å². The van der Waals surface area contributed by atoms with Crippen molar-refractivity contribution >= 4 is 0 Å². The molecule has 0 aromatic carbocycles. The van der Waals surface area contributed by atoms with Gasteiger partial charge >= 0.3 is 0 Å². The van der Waals surface area contributed by atoms with Crippen LogP contribution in [0.3, 0.4) is 0 Å². The van der Waals surface area contributed by atoms with Gasteiger partial charge in [-0.3, -0.25) is 0 Å². The molecule has 2 fully saturated rings. The third-order valence-corrected chi connectivity index (χ3v) is 3.78. The fourth-order valence-electron chi connectivity index (χ4n) is 2.39. The molecule has 0 amide bonds. The van der Waals surface area contributed by atoms with Crippen LogP contribution in [0.5, 0.6) is 0 Å². The molecule has 0 N–H and O–H groups in total. The van der Waals surface area contributed by atoms with Gasteiger partial charge in [-0.05, 0) is 31.6 Å². The van der Waals surface area contributed by atoms with Crippen LogP contribution in [-0.4, -0.2) is 37.2 Å². The molecule has 0 bridgehead atoms. The molecule has 0 aromatic heterocycles. The lowest BCUT2D eigenvalue weighted by molar-refractivity contribution is 0.0202. The van der Waals surface area contributed by atoms with Crippen LogP contribution in [0.2, 0.25) is 0 Å². The second-order valence-corrected chi connectivity index (χ2v) is 4.59. The van der Waals surface area contributed by atoms with Gasteiger partial charge in [-0.25, -0.2) is 0 Å². The Morgan fingerprint density at radius 2 is 2.15 bits per heavy atom. The molecule has 2 unspecified atom stereocenters. The van der Waals surface area contributed by atoms with E-state index in [-0.39, 0.29) is 0 Å². The van der Waals surface area contributed by atoms with Crippen molar-refractivity contribution in [2.45, 2.75) is 32.7 Å². The maximum atomic E-state index is 5.42. The van der Waals surface area contributed by atoms with Crippen LogP contribution < -0.4 is 0 Å². The highest BCUT2D eigenvalue weighted by Gasteiger charge is 2.36. The first kappa shape index (κ1) is 9.47. The molecule has 0 aliphatic carbocycles. The number of ether oxygens (including phenoxy) is 1. The normalized spacial score (nSPS) is 33.2. The standard InChI is InChI=1S/C11H21NO/c1-3-9(2)12-6-11(7-12)10-4-5-13-8-10/h9-11H,3-8H2,1-2H3. The van der Waals surface area contributed by atoms with Gasteiger partial charge in [0.15, 0.2) is 0 Å². The van der Waals surface area contributed by atoms with Gasteiger partial charge in [0.1, 0.15) is 0 Å². The van der Waals surface area contributed by atoms with Crippen molar-refractivity contribution in [3.8, 4) is 0 Å². The van der Waals surface area contributed by atoms with Gasteiger partial charge in [0.2, 0.25) is 0 Å². The quantitative estimate of drug-likeness (QED) is 0.661. The van der Waals surface area contributed by atoms with Crippen molar-refractivity contribution in [2.75, 3.05) is 26.3 Å². The van der Waals surface area contributed by atoms with Gasteiger partial charge < -0.3 is 9.64 Å². The minimum Gasteiger partial charge on any atom is -0.381 e. The molecule has 76 valence electrons. The Hall–Kier alpha value is -0.0800. The Balaban J connectivity index is 1.71. The number of rotatable bonds is 3. The summed E-state index contributed by atoms with van der Waals surface area (Å²) in [6, 6.07) is 0.790. The minimum absolute atomic E-state index is 0.790. The maximum Gasteiger partial charge on any atom is 0.0498 e. The zero-order valence-corrected chi connectivity index (χ0v) is 8.83. The van der Waals surface area contributed by atoms with E-state index >= 15 is 0 Å². The largest absolute Gasteiger partial charge is 0.381 e. The predicted octanol–water partition coefficient (Wildman–Crippen LogP) is 1.75. The summed E-state index contributed by atoms with van der Waals surface area (Å²) in [7, 11) is 0. The number of hydrogen-bond acceptors (Lipinski definition) is 2. The SMILES string of the molecule is CCC(C)N1CC(C2CCOC2)C1. The Labute approximate surface area is 81.3 Å². The predicted molar refractivity (Wildman–Crippen MR) is 53.7 cm³/mol. The van der Waals surface area contributed by atoms with Crippen molar-refractivity contribution in [1.29, 1.82) is 0 Å². The van der Waals surface area contributed by atoms with E-state index < -0.39 is 0 Å². The summed E-state index contributed by atoms with van der Waals surface area (Å²) in [5.41, 5.74) is 0. The Morgan fingerprint density at radius 3 is 2.69 bits per heavy atom. The lowest BCUT2D eigenvalue weighted by Crippen LogP contribution is -2.53. The molecule has 2 rings (SSSR count). The van der Waals surface area contributed by atoms with Crippen LogP contribution in [0, 0.1) is 11.8 Å². The molecule has 0 saturated carbocycles. The minimum atomic E-state index is 0.790. The Bertz CT molecular complexity index is 159. The van der Waals surface area contributed by atoms with Crippen LogP contribution in [0.15, 0.2) is 0 Å². The lowest BCUT2D eigenvalue weighted by Gasteiger charge is -2.45. The molecule has 0 radical (unpaired) electrons. The molecular formula is C11H21NO. The summed E-state index contributed by atoms with van der Waals surface area (Å²) < 4.78 is 5.42. The molecule has 0 spiro atoms. The van der Waals surface area contributed by atoms with Crippen molar-refractivity contribution in [1.82, 2.24) is 4.90 Å². The number of likely N-dealkylation sites (tertiary alicyclic amines) is 1. The summed E-state index contributed by atoms with van der Waals surface area (Å²) in [6.07, 6.45) is 2.59. The lowest BCUT2D eigenvalue weighted by atomic mass is 9.84. The summed E-state index contributed by atoms with van der Waals surface area (Å²) in [5, 5.41) is 0. The molecule has 2 saturated heterocycles. The van der Waals surface area contributed by atoms with Crippen LogP contribution >= 0.6 is 0 Å². The molecule has 2 heterocycles. The third-order valence-electron chi connectivity index (χ3n) is 3.78. The number of hydrogen-bond donors (Lipinski definition) is 0. The van der Waals surface area contributed by atoms with Gasteiger partial charge in [-0.1, -0.05) is 6.92 Å². The monoisotopic (exact) mass is 183 g/mol. The fraction of sp³-hybridized carbons (Fsp3) is 1.00.